The highest BCUT2D eigenvalue weighted by Gasteiger charge is 2.23. The van der Waals surface area contributed by atoms with Crippen molar-refractivity contribution in [1.29, 1.82) is 0 Å². The predicted octanol–water partition coefficient (Wildman–Crippen LogP) is 1.71. The van der Waals surface area contributed by atoms with E-state index in [1.54, 1.807) is 14.2 Å². The fourth-order valence-electron chi connectivity index (χ4n) is 3.73. The van der Waals surface area contributed by atoms with Crippen molar-refractivity contribution < 1.29 is 4.74 Å². The van der Waals surface area contributed by atoms with Gasteiger partial charge in [-0.3, -0.25) is 22.9 Å². The van der Waals surface area contributed by atoms with Crippen LogP contribution in [0.3, 0.4) is 0 Å². The third-order valence-electron chi connectivity index (χ3n) is 5.39. The molecule has 0 unspecified atom stereocenters. The topological polar surface area (TPSA) is 75.5 Å². The lowest BCUT2D eigenvalue weighted by Gasteiger charge is -2.09. The molecule has 0 saturated heterocycles. The lowest BCUT2D eigenvalue weighted by Crippen LogP contribution is -2.40. The van der Waals surface area contributed by atoms with Crippen molar-refractivity contribution in [2.45, 2.75) is 27.3 Å². The van der Waals surface area contributed by atoms with E-state index < -0.39 is 5.69 Å². The van der Waals surface area contributed by atoms with E-state index in [0.717, 1.165) is 22.6 Å². The largest absolute Gasteiger partial charge is 0.383 e. The summed E-state index contributed by atoms with van der Waals surface area (Å²) < 4.78 is 11.6. The Bertz CT molecular complexity index is 1340. The first kappa shape index (κ1) is 18.2. The average molecular weight is 381 g/mol. The molecule has 146 valence electrons. The van der Waals surface area contributed by atoms with E-state index in [2.05, 4.69) is 0 Å². The lowest BCUT2D eigenvalue weighted by molar-refractivity contribution is 0.184. The van der Waals surface area contributed by atoms with E-state index in [4.69, 9.17) is 9.72 Å². The summed E-state index contributed by atoms with van der Waals surface area (Å²) in [6, 6.07) is 8.03. The molecule has 8 nitrogen and oxygen atoms in total. The molecule has 4 aromatic rings. The van der Waals surface area contributed by atoms with E-state index in [1.807, 2.05) is 54.0 Å². The third-order valence-corrected chi connectivity index (χ3v) is 5.39. The molecular weight excluding hydrogens is 358 g/mol. The van der Waals surface area contributed by atoms with Gasteiger partial charge in [0, 0.05) is 25.5 Å². The Morgan fingerprint density at radius 3 is 2.46 bits per heavy atom. The van der Waals surface area contributed by atoms with Crippen LogP contribution in [0.2, 0.25) is 0 Å². The van der Waals surface area contributed by atoms with E-state index in [9.17, 15) is 9.59 Å². The first-order valence-corrected chi connectivity index (χ1v) is 9.13. The molecule has 0 atom stereocenters. The molecule has 0 N–H and O–H groups in total. The second-order valence-electron chi connectivity index (χ2n) is 7.00. The fraction of sp³-hybridized carbons (Fsp3) is 0.350. The van der Waals surface area contributed by atoms with E-state index in [1.165, 1.54) is 9.13 Å². The zero-order chi connectivity index (χ0) is 20.2. The Kier molecular flexibility index (Phi) is 4.23. The summed E-state index contributed by atoms with van der Waals surface area (Å²) in [5.41, 5.74) is 4.04. The number of aromatic nitrogens is 5. The quantitative estimate of drug-likeness (QED) is 0.539. The number of ether oxygens (including phenoxy) is 1. The van der Waals surface area contributed by atoms with Gasteiger partial charge in [-0.15, -0.1) is 0 Å². The summed E-state index contributed by atoms with van der Waals surface area (Å²) in [6.07, 6.45) is 0. The zero-order valence-corrected chi connectivity index (χ0v) is 16.7. The summed E-state index contributed by atoms with van der Waals surface area (Å²) in [7, 11) is 3.18. The van der Waals surface area contributed by atoms with Gasteiger partial charge in [0.25, 0.3) is 5.56 Å². The highest BCUT2D eigenvalue weighted by Crippen LogP contribution is 2.26. The molecule has 0 fully saturated rings. The van der Waals surface area contributed by atoms with Gasteiger partial charge >= 0.3 is 5.69 Å². The SMILES string of the molecule is COCCn1c(=O)c2c(nc3n(-c4ccccc4C)c(C)c(C)n23)n(C)c1=O. The molecule has 0 amide bonds. The monoisotopic (exact) mass is 381 g/mol. The van der Waals surface area contributed by atoms with Gasteiger partial charge in [0.15, 0.2) is 11.2 Å². The van der Waals surface area contributed by atoms with Crippen molar-refractivity contribution in [2.75, 3.05) is 13.7 Å². The van der Waals surface area contributed by atoms with Crippen LogP contribution in [0.15, 0.2) is 33.9 Å². The molecule has 0 bridgehead atoms. The maximum Gasteiger partial charge on any atom is 0.332 e. The Morgan fingerprint density at radius 2 is 1.79 bits per heavy atom. The minimum Gasteiger partial charge on any atom is -0.383 e. The molecule has 0 aliphatic carbocycles. The van der Waals surface area contributed by atoms with Crippen molar-refractivity contribution in [1.82, 2.24) is 23.1 Å². The van der Waals surface area contributed by atoms with Crippen LogP contribution in [-0.4, -0.2) is 36.8 Å². The number of rotatable bonds is 4. The van der Waals surface area contributed by atoms with E-state index in [-0.39, 0.29) is 18.7 Å². The van der Waals surface area contributed by atoms with Crippen LogP contribution in [-0.2, 0) is 18.3 Å². The minimum absolute atomic E-state index is 0.196. The molecule has 0 radical (unpaired) electrons. The second-order valence-corrected chi connectivity index (χ2v) is 7.00. The number of nitrogens with zero attached hydrogens (tertiary/aromatic N) is 5. The van der Waals surface area contributed by atoms with Gasteiger partial charge in [0.05, 0.1) is 18.8 Å². The predicted molar refractivity (Wildman–Crippen MR) is 108 cm³/mol. The Hall–Kier alpha value is -3.13. The average Bonchev–Trinajstić information content (AvgIpc) is 3.17. The number of benzene rings is 1. The van der Waals surface area contributed by atoms with E-state index >= 15 is 0 Å². The number of aryl methyl sites for hydroxylation is 3. The molecule has 8 heteroatoms. The van der Waals surface area contributed by atoms with Crippen LogP contribution in [0.4, 0.5) is 0 Å². The Morgan fingerprint density at radius 1 is 1.07 bits per heavy atom. The Labute approximate surface area is 161 Å². The molecule has 3 aromatic heterocycles. The van der Waals surface area contributed by atoms with Crippen LogP contribution in [0.25, 0.3) is 22.6 Å². The van der Waals surface area contributed by atoms with Gasteiger partial charge in [-0.25, -0.2) is 4.79 Å². The number of fused-ring (bicyclic) bond motifs is 3. The fourth-order valence-corrected chi connectivity index (χ4v) is 3.73. The van der Waals surface area contributed by atoms with Crippen LogP contribution in [0.5, 0.6) is 0 Å². The first-order valence-electron chi connectivity index (χ1n) is 9.13. The molecule has 28 heavy (non-hydrogen) atoms. The van der Waals surface area contributed by atoms with Crippen LogP contribution in [0.1, 0.15) is 17.0 Å². The number of para-hydroxylation sites is 1. The molecule has 0 spiro atoms. The normalized spacial score (nSPS) is 11.8. The second kappa shape index (κ2) is 6.49. The summed E-state index contributed by atoms with van der Waals surface area (Å²) in [5.74, 6) is 0.621. The number of imidazole rings is 2. The van der Waals surface area contributed by atoms with Gasteiger partial charge in [-0.2, -0.15) is 4.98 Å². The summed E-state index contributed by atoms with van der Waals surface area (Å²) in [4.78, 5) is 30.6. The summed E-state index contributed by atoms with van der Waals surface area (Å²) in [6.45, 7) is 6.49. The molecule has 0 saturated carbocycles. The van der Waals surface area contributed by atoms with Crippen molar-refractivity contribution >= 4 is 16.9 Å². The van der Waals surface area contributed by atoms with Crippen molar-refractivity contribution in [3.05, 3.63) is 62.1 Å². The smallest absolute Gasteiger partial charge is 0.332 e. The lowest BCUT2D eigenvalue weighted by atomic mass is 10.2. The summed E-state index contributed by atoms with van der Waals surface area (Å²) in [5, 5.41) is 0. The van der Waals surface area contributed by atoms with Gasteiger partial charge < -0.3 is 4.74 Å². The number of methoxy groups -OCH3 is 1. The third kappa shape index (κ3) is 2.37. The molecule has 0 aliphatic heterocycles. The molecule has 4 rings (SSSR count). The first-order chi connectivity index (χ1) is 13.4. The van der Waals surface area contributed by atoms with Crippen LogP contribution >= 0.6 is 0 Å². The van der Waals surface area contributed by atoms with Crippen molar-refractivity contribution in [2.24, 2.45) is 7.05 Å². The molecule has 1 aromatic carbocycles. The summed E-state index contributed by atoms with van der Waals surface area (Å²) >= 11 is 0. The number of hydrogen-bond acceptors (Lipinski definition) is 4. The van der Waals surface area contributed by atoms with Crippen molar-refractivity contribution in [3.63, 3.8) is 0 Å². The standard InChI is InChI=1S/C20H23N5O3/c1-12-8-6-7-9-15(12)24-13(2)14(3)25-16-17(21-19(24)25)22(4)20(27)23(18(16)26)10-11-28-5/h6-9H,10-11H2,1-5H3. The maximum atomic E-state index is 13.2. The highest BCUT2D eigenvalue weighted by molar-refractivity contribution is 5.77. The number of hydrogen-bond donors (Lipinski definition) is 0. The van der Waals surface area contributed by atoms with Gasteiger partial charge in [-0.05, 0) is 32.4 Å². The Balaban J connectivity index is 2.17. The van der Waals surface area contributed by atoms with Crippen LogP contribution in [0, 0.1) is 20.8 Å². The molecule has 0 aliphatic rings. The molecule has 3 heterocycles. The van der Waals surface area contributed by atoms with Gasteiger partial charge in [-0.1, -0.05) is 18.2 Å². The van der Waals surface area contributed by atoms with Gasteiger partial charge in [0.1, 0.15) is 0 Å². The molecular formula is C20H23N5O3. The van der Waals surface area contributed by atoms with Crippen LogP contribution < -0.4 is 11.2 Å². The zero-order valence-electron chi connectivity index (χ0n) is 16.7. The minimum atomic E-state index is -0.396. The van der Waals surface area contributed by atoms with Crippen molar-refractivity contribution in [3.8, 4) is 5.69 Å². The van der Waals surface area contributed by atoms with Gasteiger partial charge in [0.2, 0.25) is 5.78 Å². The van der Waals surface area contributed by atoms with E-state index in [0.29, 0.717) is 16.9 Å². The maximum absolute atomic E-state index is 13.2. The highest BCUT2D eigenvalue weighted by atomic mass is 16.5.